The first-order chi connectivity index (χ1) is 16.7. The molecule has 0 unspecified atom stereocenters. The molecule has 1 aromatic heterocycles. The number of carbonyl (C=O) groups is 1. The summed E-state index contributed by atoms with van der Waals surface area (Å²) < 4.78 is 8.63. The maximum atomic E-state index is 13.5. The summed E-state index contributed by atoms with van der Waals surface area (Å²) in [6.45, 7) is 13.2. The maximum absolute atomic E-state index is 13.5. The maximum Gasteiger partial charge on any atom is 0.223 e. The zero-order valence-electron chi connectivity index (χ0n) is 22.1. The van der Waals surface area contributed by atoms with Crippen molar-refractivity contribution in [2.45, 2.75) is 46.6 Å². The van der Waals surface area contributed by atoms with E-state index in [9.17, 15) is 4.79 Å². The van der Waals surface area contributed by atoms with Crippen molar-refractivity contribution in [3.8, 4) is 5.75 Å². The molecule has 7 heteroatoms. The Bertz CT molecular complexity index is 1040. The van der Waals surface area contributed by atoms with E-state index >= 15 is 0 Å². The molecule has 0 saturated carbocycles. The lowest BCUT2D eigenvalue weighted by Crippen LogP contribution is -2.52. The Balaban J connectivity index is 1.51. The number of ether oxygens (including phenoxy) is 1. The van der Waals surface area contributed by atoms with Gasteiger partial charge in [0.1, 0.15) is 5.75 Å². The molecule has 1 aromatic carbocycles. The van der Waals surface area contributed by atoms with E-state index < -0.39 is 0 Å². The molecule has 3 heterocycles. The summed E-state index contributed by atoms with van der Waals surface area (Å²) in [5, 5.41) is 0.745. The van der Waals surface area contributed by atoms with Gasteiger partial charge in [-0.3, -0.25) is 9.69 Å². The average Bonchev–Trinajstić information content (AvgIpc) is 3.07. The number of hydrogen-bond donors (Lipinski definition) is 0. The van der Waals surface area contributed by atoms with Gasteiger partial charge < -0.3 is 19.1 Å². The minimum atomic E-state index is -0.204. The van der Waals surface area contributed by atoms with Crippen LogP contribution in [0.3, 0.4) is 0 Å². The quantitative estimate of drug-likeness (QED) is 0.564. The second-order valence-corrected chi connectivity index (χ2v) is 11.2. The Morgan fingerprint density at radius 3 is 2.46 bits per heavy atom. The summed E-state index contributed by atoms with van der Waals surface area (Å²) >= 11 is 6.23. The molecule has 0 radical (unpaired) electrons. The molecule has 2 aliphatic heterocycles. The van der Waals surface area contributed by atoms with Crippen molar-refractivity contribution in [2.24, 2.45) is 12.5 Å². The molecule has 6 nitrogen and oxygen atoms in total. The van der Waals surface area contributed by atoms with Gasteiger partial charge in [-0.2, -0.15) is 0 Å². The monoisotopic (exact) mass is 500 g/mol. The molecule has 2 aliphatic rings. The fourth-order valence-electron chi connectivity index (χ4n) is 5.52. The molecule has 2 aromatic rings. The summed E-state index contributed by atoms with van der Waals surface area (Å²) in [6.07, 6.45) is 2.61. The van der Waals surface area contributed by atoms with Crippen LogP contribution >= 0.6 is 11.6 Å². The zero-order chi connectivity index (χ0) is 25.2. The highest BCUT2D eigenvalue weighted by molar-refractivity contribution is 6.31. The van der Waals surface area contributed by atoms with E-state index in [4.69, 9.17) is 16.3 Å². The first-order valence-electron chi connectivity index (χ1n) is 12.9. The van der Waals surface area contributed by atoms with Crippen molar-refractivity contribution < 1.29 is 9.53 Å². The molecule has 2 saturated heterocycles. The first kappa shape index (κ1) is 26.1. The third kappa shape index (κ3) is 6.22. The van der Waals surface area contributed by atoms with Gasteiger partial charge in [-0.05, 0) is 82.6 Å². The van der Waals surface area contributed by atoms with E-state index in [1.165, 1.54) is 17.0 Å². The highest BCUT2D eigenvalue weighted by Crippen LogP contribution is 2.36. The SMILES string of the molecule is Cc1cc(OC[C@]2(CC(=O)N3CCN(C)CC3)CCCN(Cc3cc(C)n(C)c3C)C2)ccc1Cl. The zero-order valence-corrected chi connectivity index (χ0v) is 22.8. The van der Waals surface area contributed by atoms with Gasteiger partial charge in [0.25, 0.3) is 0 Å². The van der Waals surface area contributed by atoms with Crippen LogP contribution in [0.4, 0.5) is 0 Å². The standard InChI is InChI=1S/C28H41ClN4O2/c1-21-15-25(7-8-26(21)29)35-20-28(17-27(34)33-13-11-30(4)12-14-33)9-6-10-32(19-28)18-24-16-22(2)31(5)23(24)3/h7-8,15-16H,6,9-14,17-20H2,1-5H3/t28-/m0/s1. The molecular formula is C28H41ClN4O2. The highest BCUT2D eigenvalue weighted by Gasteiger charge is 2.40. The van der Waals surface area contributed by atoms with Gasteiger partial charge >= 0.3 is 0 Å². The van der Waals surface area contributed by atoms with E-state index in [1.54, 1.807) is 0 Å². The van der Waals surface area contributed by atoms with Crippen LogP contribution < -0.4 is 4.74 Å². The predicted molar refractivity (Wildman–Crippen MR) is 142 cm³/mol. The van der Waals surface area contributed by atoms with Crippen LogP contribution in [0, 0.1) is 26.2 Å². The lowest BCUT2D eigenvalue weighted by molar-refractivity contribution is -0.137. The van der Waals surface area contributed by atoms with E-state index in [-0.39, 0.29) is 11.3 Å². The Morgan fingerprint density at radius 1 is 1.06 bits per heavy atom. The van der Waals surface area contributed by atoms with Crippen LogP contribution in [0.15, 0.2) is 24.3 Å². The van der Waals surface area contributed by atoms with Gasteiger partial charge in [0.2, 0.25) is 5.91 Å². The first-order valence-corrected chi connectivity index (χ1v) is 13.2. The largest absolute Gasteiger partial charge is 0.493 e. The van der Waals surface area contributed by atoms with Crippen molar-refractivity contribution in [3.63, 3.8) is 0 Å². The van der Waals surface area contributed by atoms with Crippen molar-refractivity contribution >= 4 is 17.5 Å². The number of piperidine rings is 1. The molecular weight excluding hydrogens is 460 g/mol. The summed E-state index contributed by atoms with van der Waals surface area (Å²) in [7, 11) is 4.25. The number of benzene rings is 1. The number of piperazine rings is 1. The van der Waals surface area contributed by atoms with Gasteiger partial charge in [-0.15, -0.1) is 0 Å². The van der Waals surface area contributed by atoms with Crippen LogP contribution in [0.2, 0.25) is 5.02 Å². The van der Waals surface area contributed by atoms with E-state index in [2.05, 4.69) is 53.3 Å². The van der Waals surface area contributed by atoms with E-state index in [0.29, 0.717) is 13.0 Å². The van der Waals surface area contributed by atoms with Crippen molar-refractivity contribution in [1.29, 1.82) is 0 Å². The predicted octanol–water partition coefficient (Wildman–Crippen LogP) is 4.43. The third-order valence-corrected chi connectivity index (χ3v) is 8.50. The molecule has 0 aliphatic carbocycles. The number of hydrogen-bond acceptors (Lipinski definition) is 4. The van der Waals surface area contributed by atoms with Crippen molar-refractivity contribution in [3.05, 3.63) is 51.8 Å². The lowest BCUT2D eigenvalue weighted by Gasteiger charge is -2.43. The molecule has 192 valence electrons. The van der Waals surface area contributed by atoms with Crippen LogP contribution in [-0.2, 0) is 18.4 Å². The summed E-state index contributed by atoms with van der Waals surface area (Å²) in [5.74, 6) is 1.09. The van der Waals surface area contributed by atoms with E-state index in [1.807, 2.05) is 25.1 Å². The highest BCUT2D eigenvalue weighted by atomic mass is 35.5. The fourth-order valence-corrected chi connectivity index (χ4v) is 5.64. The topological polar surface area (TPSA) is 41.0 Å². The molecule has 35 heavy (non-hydrogen) atoms. The van der Waals surface area contributed by atoms with Crippen LogP contribution in [0.5, 0.6) is 5.75 Å². The van der Waals surface area contributed by atoms with Gasteiger partial charge in [0, 0.05) is 74.6 Å². The minimum absolute atomic E-state index is 0.204. The average molecular weight is 501 g/mol. The molecule has 0 bridgehead atoms. The summed E-state index contributed by atoms with van der Waals surface area (Å²) in [5.41, 5.74) is 4.78. The number of rotatable bonds is 7. The Labute approximate surface area is 215 Å². The molecule has 1 atom stereocenters. The van der Waals surface area contributed by atoms with Gasteiger partial charge in [0.05, 0.1) is 6.61 Å². The van der Waals surface area contributed by atoms with Gasteiger partial charge in [-0.1, -0.05) is 11.6 Å². The molecule has 4 rings (SSSR count). The number of aryl methyl sites for hydroxylation is 2. The number of carbonyl (C=O) groups excluding carboxylic acids is 1. The third-order valence-electron chi connectivity index (χ3n) is 8.07. The molecule has 2 fully saturated rings. The van der Waals surface area contributed by atoms with Crippen LogP contribution in [0.1, 0.15) is 41.8 Å². The summed E-state index contributed by atoms with van der Waals surface area (Å²) in [4.78, 5) is 20.3. The van der Waals surface area contributed by atoms with Crippen molar-refractivity contribution in [2.75, 3.05) is 52.9 Å². The lowest BCUT2D eigenvalue weighted by atomic mass is 9.77. The normalized spacial score (nSPS) is 21.9. The minimum Gasteiger partial charge on any atom is -0.493 e. The fraction of sp³-hybridized carbons (Fsp3) is 0.607. The summed E-state index contributed by atoms with van der Waals surface area (Å²) in [6, 6.07) is 8.12. The van der Waals surface area contributed by atoms with Crippen LogP contribution in [-0.4, -0.2) is 78.1 Å². The second kappa shape index (κ2) is 10.9. The Kier molecular flexibility index (Phi) is 8.14. The number of aromatic nitrogens is 1. The van der Waals surface area contributed by atoms with Crippen LogP contribution in [0.25, 0.3) is 0 Å². The number of halogens is 1. The number of likely N-dealkylation sites (tertiary alicyclic amines) is 1. The number of amides is 1. The van der Waals surface area contributed by atoms with Crippen molar-refractivity contribution in [1.82, 2.24) is 19.3 Å². The number of likely N-dealkylation sites (N-methyl/N-ethyl adjacent to an activating group) is 1. The molecule has 1 amide bonds. The van der Waals surface area contributed by atoms with Gasteiger partial charge in [-0.25, -0.2) is 0 Å². The Hall–Kier alpha value is -2.02. The Morgan fingerprint density at radius 2 is 1.80 bits per heavy atom. The second-order valence-electron chi connectivity index (χ2n) is 10.8. The van der Waals surface area contributed by atoms with Gasteiger partial charge in [0.15, 0.2) is 0 Å². The smallest absolute Gasteiger partial charge is 0.223 e. The molecule has 0 N–H and O–H groups in total. The number of nitrogens with zero attached hydrogens (tertiary/aromatic N) is 4. The molecule has 0 spiro atoms. The van der Waals surface area contributed by atoms with E-state index in [0.717, 1.165) is 75.0 Å².